The number of hydrogen-bond acceptors (Lipinski definition) is 3. The van der Waals surface area contributed by atoms with E-state index in [2.05, 4.69) is 16.0 Å². The van der Waals surface area contributed by atoms with Crippen molar-refractivity contribution in [3.05, 3.63) is 86.4 Å². The molecule has 182 valence electrons. The lowest BCUT2D eigenvalue weighted by Crippen LogP contribution is -2.18. The molecule has 10 heteroatoms. The van der Waals surface area contributed by atoms with Crippen LogP contribution in [0.5, 0.6) is 0 Å². The minimum absolute atomic E-state index is 0.205. The molecule has 0 radical (unpaired) electrons. The first kappa shape index (κ1) is 25.9. The van der Waals surface area contributed by atoms with Crippen LogP contribution >= 0.6 is 58.0 Å². The molecule has 1 aliphatic rings. The van der Waals surface area contributed by atoms with E-state index in [1.807, 2.05) is 26.1 Å². The number of amides is 2. The SMILES string of the molecule is CNc1ccc(NC(=O)c2cc(NC(=O)[C@H]3[C@H](c4cc(Cl)cc(Cl)c4)C3(Cl)Cl)ccc2Cl)cc1C. The number of benzene rings is 3. The van der Waals surface area contributed by atoms with E-state index in [0.717, 1.165) is 11.3 Å². The lowest BCUT2D eigenvalue weighted by Gasteiger charge is -2.12. The van der Waals surface area contributed by atoms with Gasteiger partial charge in [-0.05, 0) is 72.6 Å². The number of alkyl halides is 2. The van der Waals surface area contributed by atoms with Gasteiger partial charge in [-0.2, -0.15) is 0 Å². The van der Waals surface area contributed by atoms with Gasteiger partial charge >= 0.3 is 0 Å². The van der Waals surface area contributed by atoms with E-state index in [9.17, 15) is 9.59 Å². The molecule has 0 spiro atoms. The highest BCUT2D eigenvalue weighted by Crippen LogP contribution is 2.65. The number of nitrogens with one attached hydrogen (secondary N) is 3. The second-order valence-corrected chi connectivity index (χ2v) is 11.0. The number of aryl methyl sites for hydroxylation is 1. The molecule has 4 rings (SSSR count). The standard InChI is InChI=1S/C25H20Cl5N3O2/c1-12-7-16(4-6-20(12)31-2)32-23(34)18-11-17(3-5-19(18)28)33-24(35)22-21(25(22,29)30)13-8-14(26)10-15(27)9-13/h3-11,21-22,31H,1-2H3,(H,32,34)(H,33,35)/t21-,22+/m0/s1. The summed E-state index contributed by atoms with van der Waals surface area (Å²) in [5.41, 5.74) is 3.80. The van der Waals surface area contributed by atoms with Gasteiger partial charge in [-0.15, -0.1) is 23.2 Å². The largest absolute Gasteiger partial charge is 0.388 e. The third kappa shape index (κ3) is 5.50. The van der Waals surface area contributed by atoms with Crippen molar-refractivity contribution in [3.8, 4) is 0 Å². The molecule has 0 aliphatic heterocycles. The third-order valence-corrected chi connectivity index (χ3v) is 7.52. The topological polar surface area (TPSA) is 70.2 Å². The van der Waals surface area contributed by atoms with Crippen LogP contribution in [0.2, 0.25) is 15.1 Å². The maximum atomic E-state index is 13.0. The molecule has 3 aromatic rings. The second-order valence-electron chi connectivity index (χ2n) is 8.25. The van der Waals surface area contributed by atoms with Crippen molar-refractivity contribution in [3.63, 3.8) is 0 Å². The number of carbonyl (C=O) groups is 2. The molecule has 5 nitrogen and oxygen atoms in total. The molecule has 1 saturated carbocycles. The van der Waals surface area contributed by atoms with Gasteiger partial charge in [0.25, 0.3) is 5.91 Å². The summed E-state index contributed by atoms with van der Waals surface area (Å²) in [4.78, 5) is 25.9. The fraction of sp³-hybridized carbons (Fsp3) is 0.200. The first-order chi connectivity index (χ1) is 16.5. The summed E-state index contributed by atoms with van der Waals surface area (Å²) in [6.07, 6.45) is 0. The van der Waals surface area contributed by atoms with Gasteiger partial charge in [-0.25, -0.2) is 0 Å². The second kappa shape index (κ2) is 10.1. The van der Waals surface area contributed by atoms with Gasteiger partial charge in [0.1, 0.15) is 4.33 Å². The molecule has 1 aliphatic carbocycles. The summed E-state index contributed by atoms with van der Waals surface area (Å²) in [6.45, 7) is 1.93. The maximum Gasteiger partial charge on any atom is 0.257 e. The molecule has 0 bridgehead atoms. The van der Waals surface area contributed by atoms with Crippen molar-refractivity contribution in [2.75, 3.05) is 23.0 Å². The Bertz CT molecular complexity index is 1310. The Kier molecular flexibility index (Phi) is 7.46. The van der Waals surface area contributed by atoms with Gasteiger partial charge in [-0.1, -0.05) is 34.8 Å². The fourth-order valence-electron chi connectivity index (χ4n) is 4.04. The van der Waals surface area contributed by atoms with Crippen LogP contribution in [0.15, 0.2) is 54.6 Å². The summed E-state index contributed by atoms with van der Waals surface area (Å²) in [5.74, 6) is -2.03. The van der Waals surface area contributed by atoms with Crippen LogP contribution in [-0.4, -0.2) is 23.2 Å². The summed E-state index contributed by atoms with van der Waals surface area (Å²) < 4.78 is -1.32. The lowest BCUT2D eigenvalue weighted by atomic mass is 10.1. The molecule has 1 fully saturated rings. The Balaban J connectivity index is 1.50. The summed E-state index contributed by atoms with van der Waals surface area (Å²) in [5, 5.41) is 9.77. The zero-order chi connectivity index (χ0) is 25.5. The molecule has 3 N–H and O–H groups in total. The molecule has 3 aromatic carbocycles. The zero-order valence-corrected chi connectivity index (χ0v) is 22.3. The number of rotatable bonds is 6. The van der Waals surface area contributed by atoms with Crippen molar-refractivity contribution in [1.82, 2.24) is 0 Å². The van der Waals surface area contributed by atoms with Crippen LogP contribution < -0.4 is 16.0 Å². The van der Waals surface area contributed by atoms with Crippen LogP contribution in [0.1, 0.15) is 27.4 Å². The summed E-state index contributed by atoms with van der Waals surface area (Å²) in [7, 11) is 1.83. The normalized spacial score (nSPS) is 18.0. The van der Waals surface area contributed by atoms with E-state index in [0.29, 0.717) is 27.0 Å². The van der Waals surface area contributed by atoms with E-state index >= 15 is 0 Å². The first-order valence-electron chi connectivity index (χ1n) is 10.5. The summed E-state index contributed by atoms with van der Waals surface area (Å²) in [6, 6.07) is 15.1. The van der Waals surface area contributed by atoms with Gasteiger partial charge in [0.15, 0.2) is 0 Å². The number of hydrogen-bond donors (Lipinski definition) is 3. The molecule has 0 unspecified atom stereocenters. The number of anilines is 3. The molecule has 2 atom stereocenters. The molecule has 0 aromatic heterocycles. The van der Waals surface area contributed by atoms with Crippen LogP contribution in [0, 0.1) is 12.8 Å². The average molecular weight is 572 g/mol. The maximum absolute atomic E-state index is 13.0. The smallest absolute Gasteiger partial charge is 0.257 e. The Labute approximate surface area is 228 Å². The Morgan fingerprint density at radius 3 is 2.11 bits per heavy atom. The quantitative estimate of drug-likeness (QED) is 0.265. The molecule has 0 saturated heterocycles. The fourth-order valence-corrected chi connectivity index (χ4v) is 5.61. The van der Waals surface area contributed by atoms with E-state index < -0.39 is 28.0 Å². The predicted octanol–water partition coefficient (Wildman–Crippen LogP) is 7.78. The van der Waals surface area contributed by atoms with Crippen LogP contribution in [-0.2, 0) is 4.79 Å². The van der Waals surface area contributed by atoms with E-state index in [1.165, 1.54) is 12.1 Å². The minimum Gasteiger partial charge on any atom is -0.388 e. The van der Waals surface area contributed by atoms with E-state index in [4.69, 9.17) is 58.0 Å². The molecule has 2 amide bonds. The highest BCUT2D eigenvalue weighted by Gasteiger charge is 2.67. The van der Waals surface area contributed by atoms with Crippen molar-refractivity contribution in [2.45, 2.75) is 17.2 Å². The lowest BCUT2D eigenvalue weighted by molar-refractivity contribution is -0.117. The highest BCUT2D eigenvalue weighted by molar-refractivity contribution is 6.53. The van der Waals surface area contributed by atoms with Crippen molar-refractivity contribution in [1.29, 1.82) is 0 Å². The molecule has 0 heterocycles. The Hall–Kier alpha value is -2.15. The van der Waals surface area contributed by atoms with Gasteiger partial charge < -0.3 is 16.0 Å². The average Bonchev–Trinajstić information content (AvgIpc) is 3.36. The predicted molar refractivity (Wildman–Crippen MR) is 146 cm³/mol. The van der Waals surface area contributed by atoms with Crippen molar-refractivity contribution < 1.29 is 9.59 Å². The molecular formula is C25H20Cl5N3O2. The van der Waals surface area contributed by atoms with Gasteiger partial charge in [0.2, 0.25) is 5.91 Å². The van der Waals surface area contributed by atoms with Crippen LogP contribution in [0.3, 0.4) is 0 Å². The van der Waals surface area contributed by atoms with Gasteiger partial charge in [0.05, 0.1) is 16.5 Å². The Morgan fingerprint density at radius 1 is 0.857 bits per heavy atom. The monoisotopic (exact) mass is 569 g/mol. The third-order valence-electron chi connectivity index (χ3n) is 5.81. The molecule has 35 heavy (non-hydrogen) atoms. The van der Waals surface area contributed by atoms with Crippen molar-refractivity contribution in [2.24, 2.45) is 5.92 Å². The van der Waals surface area contributed by atoms with Crippen LogP contribution in [0.4, 0.5) is 17.1 Å². The summed E-state index contributed by atoms with van der Waals surface area (Å²) >= 11 is 31.3. The van der Waals surface area contributed by atoms with Crippen molar-refractivity contribution >= 4 is 86.9 Å². The molecular weight excluding hydrogens is 552 g/mol. The van der Waals surface area contributed by atoms with Gasteiger partial charge in [-0.3, -0.25) is 9.59 Å². The minimum atomic E-state index is -1.32. The Morgan fingerprint density at radius 2 is 1.49 bits per heavy atom. The highest BCUT2D eigenvalue weighted by atomic mass is 35.5. The zero-order valence-electron chi connectivity index (χ0n) is 18.6. The van der Waals surface area contributed by atoms with Gasteiger partial charge in [0, 0.05) is 40.1 Å². The number of carbonyl (C=O) groups excluding carboxylic acids is 2. The number of halogens is 5. The van der Waals surface area contributed by atoms with E-state index in [1.54, 1.807) is 30.3 Å². The van der Waals surface area contributed by atoms with Crippen LogP contribution in [0.25, 0.3) is 0 Å². The van der Waals surface area contributed by atoms with E-state index in [-0.39, 0.29) is 10.6 Å². The first-order valence-corrected chi connectivity index (χ1v) is 12.4.